The minimum absolute atomic E-state index is 0.166. The normalized spacial score (nSPS) is 19.6. The molecule has 1 amide bonds. The highest BCUT2D eigenvalue weighted by Crippen LogP contribution is 2.22. The Balaban J connectivity index is 2.07. The number of rotatable bonds is 3. The van der Waals surface area contributed by atoms with Crippen molar-refractivity contribution in [3.63, 3.8) is 0 Å². The molecular formula is C14H19FN2O2. The molecule has 1 atom stereocenters. The Morgan fingerprint density at radius 2 is 2.21 bits per heavy atom. The molecule has 1 fully saturated rings. The first-order valence-electron chi connectivity index (χ1n) is 6.56. The molecule has 0 saturated carbocycles. The third-order valence-corrected chi connectivity index (χ3v) is 3.10. The van der Waals surface area contributed by atoms with E-state index in [1.807, 2.05) is 0 Å². The molecule has 5 heteroatoms. The van der Waals surface area contributed by atoms with Crippen LogP contribution in [0.1, 0.15) is 26.2 Å². The molecule has 1 aliphatic heterocycles. The number of amides is 1. The lowest BCUT2D eigenvalue weighted by molar-refractivity contribution is -0.114. The van der Waals surface area contributed by atoms with Gasteiger partial charge in [0.05, 0.1) is 5.69 Å². The summed E-state index contributed by atoms with van der Waals surface area (Å²) < 4.78 is 19.1. The fourth-order valence-electron chi connectivity index (χ4n) is 2.18. The Morgan fingerprint density at radius 1 is 1.37 bits per heavy atom. The molecule has 1 aliphatic rings. The van der Waals surface area contributed by atoms with Gasteiger partial charge in [0.15, 0.2) is 0 Å². The van der Waals surface area contributed by atoms with E-state index in [-0.39, 0.29) is 17.8 Å². The van der Waals surface area contributed by atoms with Crippen LogP contribution in [0.15, 0.2) is 18.2 Å². The van der Waals surface area contributed by atoms with E-state index in [4.69, 9.17) is 4.74 Å². The number of ether oxygens (including phenoxy) is 1. The van der Waals surface area contributed by atoms with E-state index in [1.165, 1.54) is 13.0 Å². The van der Waals surface area contributed by atoms with Crippen LogP contribution in [0.4, 0.5) is 15.8 Å². The van der Waals surface area contributed by atoms with Crippen molar-refractivity contribution in [1.82, 2.24) is 0 Å². The maximum atomic E-state index is 13.8. The summed E-state index contributed by atoms with van der Waals surface area (Å²) >= 11 is 0. The van der Waals surface area contributed by atoms with Crippen LogP contribution in [0.2, 0.25) is 0 Å². The van der Waals surface area contributed by atoms with Crippen molar-refractivity contribution in [1.29, 1.82) is 0 Å². The van der Waals surface area contributed by atoms with E-state index < -0.39 is 0 Å². The number of hydrogen-bond acceptors (Lipinski definition) is 3. The van der Waals surface area contributed by atoms with E-state index in [0.29, 0.717) is 18.0 Å². The zero-order valence-corrected chi connectivity index (χ0v) is 11.0. The van der Waals surface area contributed by atoms with Gasteiger partial charge >= 0.3 is 0 Å². The fourth-order valence-corrected chi connectivity index (χ4v) is 2.18. The minimum atomic E-state index is -0.306. The number of benzene rings is 1. The molecule has 104 valence electrons. The predicted molar refractivity (Wildman–Crippen MR) is 72.8 cm³/mol. The fraction of sp³-hybridized carbons (Fsp3) is 0.500. The van der Waals surface area contributed by atoms with E-state index in [0.717, 1.165) is 25.9 Å². The van der Waals surface area contributed by atoms with Gasteiger partial charge in [-0.05, 0) is 37.5 Å². The molecule has 0 aromatic heterocycles. The summed E-state index contributed by atoms with van der Waals surface area (Å²) in [7, 11) is 0. The Labute approximate surface area is 112 Å². The quantitative estimate of drug-likeness (QED) is 0.884. The first-order chi connectivity index (χ1) is 9.15. The molecule has 0 radical (unpaired) electrons. The Morgan fingerprint density at radius 3 is 3.00 bits per heavy atom. The minimum Gasteiger partial charge on any atom is -0.381 e. The maximum absolute atomic E-state index is 13.8. The summed E-state index contributed by atoms with van der Waals surface area (Å²) in [6.07, 6.45) is 2.80. The lowest BCUT2D eigenvalue weighted by atomic mass is 10.1. The molecule has 1 aromatic rings. The summed E-state index contributed by atoms with van der Waals surface area (Å²) in [4.78, 5) is 11.0. The summed E-state index contributed by atoms with van der Waals surface area (Å²) in [5.74, 6) is -0.473. The van der Waals surface area contributed by atoms with Crippen molar-refractivity contribution < 1.29 is 13.9 Å². The van der Waals surface area contributed by atoms with Gasteiger partial charge in [-0.3, -0.25) is 4.79 Å². The third kappa shape index (κ3) is 4.21. The van der Waals surface area contributed by atoms with E-state index in [9.17, 15) is 9.18 Å². The largest absolute Gasteiger partial charge is 0.381 e. The van der Waals surface area contributed by atoms with E-state index in [1.54, 1.807) is 12.1 Å². The van der Waals surface area contributed by atoms with Crippen molar-refractivity contribution in [2.75, 3.05) is 23.8 Å². The zero-order chi connectivity index (χ0) is 13.7. The Hall–Kier alpha value is -1.62. The summed E-state index contributed by atoms with van der Waals surface area (Å²) in [6, 6.07) is 4.76. The number of hydrogen-bond donors (Lipinski definition) is 2. The Bertz CT molecular complexity index is 443. The van der Waals surface area contributed by atoms with Gasteiger partial charge in [-0.1, -0.05) is 0 Å². The van der Waals surface area contributed by atoms with Crippen LogP contribution in [0.25, 0.3) is 0 Å². The van der Waals surface area contributed by atoms with E-state index in [2.05, 4.69) is 10.6 Å². The lowest BCUT2D eigenvalue weighted by Crippen LogP contribution is -2.20. The number of nitrogens with one attached hydrogen (secondary N) is 2. The third-order valence-electron chi connectivity index (χ3n) is 3.10. The molecule has 1 saturated heterocycles. The monoisotopic (exact) mass is 266 g/mol. The molecule has 1 aromatic carbocycles. The van der Waals surface area contributed by atoms with Gasteiger partial charge in [-0.15, -0.1) is 0 Å². The molecule has 1 heterocycles. The Kier molecular flexibility index (Phi) is 4.74. The first kappa shape index (κ1) is 13.8. The topological polar surface area (TPSA) is 50.4 Å². The standard InChI is InChI=1S/C14H19FN2O2/c1-10(18)16-12-4-5-13(15)14(9-12)17-11-3-2-7-19-8-6-11/h4-5,9,11,17H,2-3,6-8H2,1H3,(H,16,18). The summed E-state index contributed by atoms with van der Waals surface area (Å²) in [5.41, 5.74) is 1.03. The van der Waals surface area contributed by atoms with Crippen LogP contribution >= 0.6 is 0 Å². The van der Waals surface area contributed by atoms with E-state index >= 15 is 0 Å². The maximum Gasteiger partial charge on any atom is 0.221 e. The van der Waals surface area contributed by atoms with Crippen LogP contribution in [-0.2, 0) is 9.53 Å². The average Bonchev–Trinajstić information content (AvgIpc) is 2.61. The van der Waals surface area contributed by atoms with Gasteiger partial charge in [0, 0.05) is 31.9 Å². The van der Waals surface area contributed by atoms with Gasteiger partial charge in [0.1, 0.15) is 5.82 Å². The van der Waals surface area contributed by atoms with Crippen LogP contribution in [0, 0.1) is 5.82 Å². The van der Waals surface area contributed by atoms with Gasteiger partial charge in [-0.25, -0.2) is 4.39 Å². The predicted octanol–water partition coefficient (Wildman–Crippen LogP) is 2.77. The van der Waals surface area contributed by atoms with Gasteiger partial charge in [-0.2, -0.15) is 0 Å². The highest BCUT2D eigenvalue weighted by molar-refractivity contribution is 5.89. The lowest BCUT2D eigenvalue weighted by Gasteiger charge is -2.18. The highest BCUT2D eigenvalue weighted by Gasteiger charge is 2.14. The first-order valence-corrected chi connectivity index (χ1v) is 6.56. The molecule has 19 heavy (non-hydrogen) atoms. The van der Waals surface area contributed by atoms with Crippen LogP contribution < -0.4 is 10.6 Å². The molecule has 0 spiro atoms. The van der Waals surface area contributed by atoms with Crippen LogP contribution in [-0.4, -0.2) is 25.2 Å². The number of halogens is 1. The van der Waals surface area contributed by atoms with Crippen molar-refractivity contribution in [2.45, 2.75) is 32.2 Å². The van der Waals surface area contributed by atoms with Crippen molar-refractivity contribution in [3.05, 3.63) is 24.0 Å². The molecule has 0 aliphatic carbocycles. The molecule has 0 bridgehead atoms. The van der Waals surface area contributed by atoms with Gasteiger partial charge in [0.2, 0.25) is 5.91 Å². The molecular weight excluding hydrogens is 247 g/mol. The molecule has 2 rings (SSSR count). The summed E-state index contributed by atoms with van der Waals surface area (Å²) in [5, 5.41) is 5.85. The smallest absolute Gasteiger partial charge is 0.221 e. The van der Waals surface area contributed by atoms with Crippen LogP contribution in [0.5, 0.6) is 0 Å². The number of carbonyl (C=O) groups excluding carboxylic acids is 1. The molecule has 2 N–H and O–H groups in total. The zero-order valence-electron chi connectivity index (χ0n) is 11.0. The van der Waals surface area contributed by atoms with Crippen molar-refractivity contribution >= 4 is 17.3 Å². The molecule has 4 nitrogen and oxygen atoms in total. The van der Waals surface area contributed by atoms with Gasteiger partial charge < -0.3 is 15.4 Å². The highest BCUT2D eigenvalue weighted by atomic mass is 19.1. The number of anilines is 2. The second-order valence-electron chi connectivity index (χ2n) is 4.76. The summed E-state index contributed by atoms with van der Waals surface area (Å²) in [6.45, 7) is 2.90. The van der Waals surface area contributed by atoms with Gasteiger partial charge in [0.25, 0.3) is 0 Å². The SMILES string of the molecule is CC(=O)Nc1ccc(F)c(NC2CCCOCC2)c1. The second kappa shape index (κ2) is 6.52. The average molecular weight is 266 g/mol. The molecule has 1 unspecified atom stereocenters. The second-order valence-corrected chi connectivity index (χ2v) is 4.76. The van der Waals surface area contributed by atoms with Crippen molar-refractivity contribution in [3.8, 4) is 0 Å². The van der Waals surface area contributed by atoms with Crippen molar-refractivity contribution in [2.24, 2.45) is 0 Å². The van der Waals surface area contributed by atoms with Crippen LogP contribution in [0.3, 0.4) is 0 Å². The number of carbonyl (C=O) groups is 1.